The van der Waals surface area contributed by atoms with E-state index < -0.39 is 0 Å². The fraction of sp³-hybridized carbons (Fsp3) is 0.667. The first-order chi connectivity index (χ1) is 7.67. The number of aryl methyl sites for hydroxylation is 2. The Bertz CT molecular complexity index is 305. The standard InChI is InChI=1S/C12H22N4/c1-5-13-7-8-16(6-2)12-14-10(3)9-11(4)15-12/h9,13H,5-8H2,1-4H3. The summed E-state index contributed by atoms with van der Waals surface area (Å²) in [6, 6.07) is 2.00. The molecule has 0 fully saturated rings. The zero-order chi connectivity index (χ0) is 12.0. The molecular weight excluding hydrogens is 200 g/mol. The van der Waals surface area contributed by atoms with E-state index in [0.717, 1.165) is 43.5 Å². The molecule has 4 nitrogen and oxygen atoms in total. The van der Waals surface area contributed by atoms with Crippen molar-refractivity contribution in [2.45, 2.75) is 27.7 Å². The van der Waals surface area contributed by atoms with Gasteiger partial charge in [-0.3, -0.25) is 0 Å². The van der Waals surface area contributed by atoms with Crippen LogP contribution in [0.25, 0.3) is 0 Å². The van der Waals surface area contributed by atoms with Crippen LogP contribution in [0.4, 0.5) is 5.95 Å². The van der Waals surface area contributed by atoms with E-state index >= 15 is 0 Å². The van der Waals surface area contributed by atoms with E-state index in [2.05, 4.69) is 34.0 Å². The summed E-state index contributed by atoms with van der Waals surface area (Å²) < 4.78 is 0. The molecule has 0 atom stereocenters. The van der Waals surface area contributed by atoms with Gasteiger partial charge in [0.2, 0.25) is 5.95 Å². The molecule has 0 bridgehead atoms. The van der Waals surface area contributed by atoms with Gasteiger partial charge >= 0.3 is 0 Å². The zero-order valence-electron chi connectivity index (χ0n) is 10.7. The normalized spacial score (nSPS) is 10.5. The Morgan fingerprint density at radius 2 is 1.81 bits per heavy atom. The average Bonchev–Trinajstić information content (AvgIpc) is 2.23. The lowest BCUT2D eigenvalue weighted by Crippen LogP contribution is -2.33. The highest BCUT2D eigenvalue weighted by atomic mass is 15.3. The van der Waals surface area contributed by atoms with Gasteiger partial charge in [-0.25, -0.2) is 9.97 Å². The molecule has 1 heterocycles. The van der Waals surface area contributed by atoms with E-state index in [1.807, 2.05) is 19.9 Å². The Labute approximate surface area is 98.1 Å². The van der Waals surface area contributed by atoms with Crippen molar-refractivity contribution in [2.24, 2.45) is 0 Å². The van der Waals surface area contributed by atoms with Gasteiger partial charge in [0, 0.05) is 31.0 Å². The van der Waals surface area contributed by atoms with Crippen molar-refractivity contribution >= 4 is 5.95 Å². The third-order valence-corrected chi connectivity index (χ3v) is 2.44. The van der Waals surface area contributed by atoms with Crippen LogP contribution in [0.1, 0.15) is 25.2 Å². The first kappa shape index (κ1) is 12.9. The van der Waals surface area contributed by atoms with Crippen LogP contribution >= 0.6 is 0 Å². The maximum atomic E-state index is 4.47. The van der Waals surface area contributed by atoms with Gasteiger partial charge in [0.15, 0.2) is 0 Å². The van der Waals surface area contributed by atoms with Crippen LogP contribution in [0, 0.1) is 13.8 Å². The first-order valence-electron chi connectivity index (χ1n) is 5.95. The summed E-state index contributed by atoms with van der Waals surface area (Å²) in [5.74, 6) is 0.845. The summed E-state index contributed by atoms with van der Waals surface area (Å²) in [4.78, 5) is 11.1. The van der Waals surface area contributed by atoms with Crippen molar-refractivity contribution in [3.8, 4) is 0 Å². The van der Waals surface area contributed by atoms with Gasteiger partial charge < -0.3 is 10.2 Å². The summed E-state index contributed by atoms with van der Waals surface area (Å²) in [5, 5.41) is 3.31. The van der Waals surface area contributed by atoms with Gasteiger partial charge in [0.05, 0.1) is 0 Å². The molecule has 1 N–H and O–H groups in total. The molecule has 1 aromatic rings. The largest absolute Gasteiger partial charge is 0.340 e. The Morgan fingerprint density at radius 1 is 1.19 bits per heavy atom. The predicted molar refractivity (Wildman–Crippen MR) is 67.9 cm³/mol. The van der Waals surface area contributed by atoms with Gasteiger partial charge in [-0.2, -0.15) is 0 Å². The monoisotopic (exact) mass is 222 g/mol. The second-order valence-corrected chi connectivity index (χ2v) is 3.88. The van der Waals surface area contributed by atoms with E-state index in [4.69, 9.17) is 0 Å². The molecule has 0 aromatic carbocycles. The van der Waals surface area contributed by atoms with Crippen molar-refractivity contribution in [1.82, 2.24) is 15.3 Å². The van der Waals surface area contributed by atoms with Crippen molar-refractivity contribution in [2.75, 3.05) is 31.1 Å². The van der Waals surface area contributed by atoms with Crippen LogP contribution < -0.4 is 10.2 Å². The van der Waals surface area contributed by atoms with Gasteiger partial charge in [-0.1, -0.05) is 6.92 Å². The Morgan fingerprint density at radius 3 is 2.31 bits per heavy atom. The van der Waals surface area contributed by atoms with Crippen molar-refractivity contribution in [3.05, 3.63) is 17.5 Å². The molecule has 90 valence electrons. The topological polar surface area (TPSA) is 41.0 Å². The Hall–Kier alpha value is -1.16. The lowest BCUT2D eigenvalue weighted by Gasteiger charge is -2.21. The van der Waals surface area contributed by atoms with Crippen LogP contribution in [0.3, 0.4) is 0 Å². The minimum atomic E-state index is 0.845. The van der Waals surface area contributed by atoms with Crippen molar-refractivity contribution in [3.63, 3.8) is 0 Å². The SMILES string of the molecule is CCNCCN(CC)c1nc(C)cc(C)n1. The second-order valence-electron chi connectivity index (χ2n) is 3.88. The highest BCUT2D eigenvalue weighted by Gasteiger charge is 2.07. The van der Waals surface area contributed by atoms with E-state index in [1.165, 1.54) is 0 Å². The summed E-state index contributed by atoms with van der Waals surface area (Å²) in [7, 11) is 0. The molecule has 16 heavy (non-hydrogen) atoms. The smallest absolute Gasteiger partial charge is 0.225 e. The number of rotatable bonds is 6. The molecule has 0 spiro atoms. The number of anilines is 1. The van der Waals surface area contributed by atoms with Gasteiger partial charge in [-0.15, -0.1) is 0 Å². The van der Waals surface area contributed by atoms with Crippen LogP contribution in [0.15, 0.2) is 6.07 Å². The Balaban J connectivity index is 2.70. The number of hydrogen-bond donors (Lipinski definition) is 1. The third-order valence-electron chi connectivity index (χ3n) is 2.44. The molecule has 0 radical (unpaired) electrons. The molecule has 0 unspecified atom stereocenters. The number of aromatic nitrogens is 2. The highest BCUT2D eigenvalue weighted by molar-refractivity contribution is 5.31. The van der Waals surface area contributed by atoms with Gasteiger partial charge in [0.25, 0.3) is 0 Å². The first-order valence-corrected chi connectivity index (χ1v) is 5.95. The molecule has 1 rings (SSSR count). The third kappa shape index (κ3) is 3.77. The van der Waals surface area contributed by atoms with Crippen molar-refractivity contribution < 1.29 is 0 Å². The second kappa shape index (κ2) is 6.43. The molecule has 0 amide bonds. The van der Waals surface area contributed by atoms with Crippen LogP contribution in [0.2, 0.25) is 0 Å². The summed E-state index contributed by atoms with van der Waals surface area (Å²) in [5.41, 5.74) is 2.06. The summed E-state index contributed by atoms with van der Waals surface area (Å²) in [6.45, 7) is 12.1. The molecule has 0 aliphatic rings. The minimum Gasteiger partial charge on any atom is -0.340 e. The summed E-state index contributed by atoms with van der Waals surface area (Å²) >= 11 is 0. The van der Waals surface area contributed by atoms with Crippen molar-refractivity contribution in [1.29, 1.82) is 0 Å². The van der Waals surface area contributed by atoms with Gasteiger partial charge in [-0.05, 0) is 33.4 Å². The molecule has 0 aliphatic carbocycles. The number of nitrogens with one attached hydrogen (secondary N) is 1. The minimum absolute atomic E-state index is 0.845. The molecular formula is C12H22N4. The van der Waals surface area contributed by atoms with Crippen LogP contribution in [-0.4, -0.2) is 36.1 Å². The van der Waals surface area contributed by atoms with E-state index in [0.29, 0.717) is 0 Å². The van der Waals surface area contributed by atoms with Crippen LogP contribution in [0.5, 0.6) is 0 Å². The molecule has 1 aromatic heterocycles. The predicted octanol–water partition coefficient (Wildman–Crippen LogP) is 1.53. The summed E-state index contributed by atoms with van der Waals surface area (Å²) in [6.07, 6.45) is 0. The fourth-order valence-electron chi connectivity index (χ4n) is 1.64. The maximum absolute atomic E-state index is 4.47. The van der Waals surface area contributed by atoms with Crippen LogP contribution in [-0.2, 0) is 0 Å². The fourth-order valence-corrected chi connectivity index (χ4v) is 1.64. The molecule has 0 saturated carbocycles. The lowest BCUT2D eigenvalue weighted by molar-refractivity contribution is 0.676. The molecule has 0 saturated heterocycles. The average molecular weight is 222 g/mol. The highest BCUT2D eigenvalue weighted by Crippen LogP contribution is 2.08. The zero-order valence-corrected chi connectivity index (χ0v) is 10.7. The van der Waals surface area contributed by atoms with Gasteiger partial charge in [0.1, 0.15) is 0 Å². The van der Waals surface area contributed by atoms with E-state index in [-0.39, 0.29) is 0 Å². The number of likely N-dealkylation sites (N-methyl/N-ethyl adjacent to an activating group) is 2. The van der Waals surface area contributed by atoms with E-state index in [1.54, 1.807) is 0 Å². The number of nitrogens with zero attached hydrogens (tertiary/aromatic N) is 3. The molecule has 0 aliphatic heterocycles. The maximum Gasteiger partial charge on any atom is 0.225 e. The number of hydrogen-bond acceptors (Lipinski definition) is 4. The van der Waals surface area contributed by atoms with E-state index in [9.17, 15) is 0 Å². The Kier molecular flexibility index (Phi) is 5.19. The lowest BCUT2D eigenvalue weighted by atomic mass is 10.3. The quantitative estimate of drug-likeness (QED) is 0.741. The molecule has 4 heteroatoms.